The number of fused-ring (bicyclic) bond motifs is 4. The van der Waals surface area contributed by atoms with E-state index in [4.69, 9.17) is 31.8 Å². The molecular formula is C48H40S2. The van der Waals surface area contributed by atoms with Crippen LogP contribution in [-0.4, -0.2) is 0 Å². The van der Waals surface area contributed by atoms with E-state index in [1.165, 1.54) is 105 Å². The van der Waals surface area contributed by atoms with Crippen molar-refractivity contribution in [3.05, 3.63) is 166 Å². The summed E-state index contributed by atoms with van der Waals surface area (Å²) >= 11 is 10.2. The predicted octanol–water partition coefficient (Wildman–Crippen LogP) is 14.2. The zero-order valence-electron chi connectivity index (χ0n) is 29.3. The largest absolute Gasteiger partial charge is 0.143 e. The average molecular weight is 681 g/mol. The summed E-state index contributed by atoms with van der Waals surface area (Å²) in [6, 6.07) is 42.2. The van der Waals surface area contributed by atoms with Crippen molar-refractivity contribution in [2.24, 2.45) is 0 Å². The number of allylic oxidation sites excluding steroid dienone is 4. The summed E-state index contributed by atoms with van der Waals surface area (Å²) in [7, 11) is 0. The van der Waals surface area contributed by atoms with Crippen LogP contribution in [0, 0.1) is 13.8 Å². The van der Waals surface area contributed by atoms with E-state index in [2.05, 4.69) is 150 Å². The summed E-state index contributed by atoms with van der Waals surface area (Å²) in [5.41, 5.74) is 17.0. The SMILES string of the molecule is C=C1/C(C)=C(C)\C(S)=C(\C)Cc2c(C)c(S)c(C)c(-c3c4ccccc4c(-c4ccc5cc(-c6ccccc6)ccc5c4)c4ccccc34)c21. The summed E-state index contributed by atoms with van der Waals surface area (Å²) in [5.74, 6) is 0. The fraction of sp³-hybridized carbons (Fsp3) is 0.125. The third-order valence-corrected chi connectivity index (χ3v) is 12.4. The van der Waals surface area contributed by atoms with Crippen molar-refractivity contribution in [3.8, 4) is 33.4 Å². The quantitative estimate of drug-likeness (QED) is 0.135. The van der Waals surface area contributed by atoms with Gasteiger partial charge in [0.2, 0.25) is 0 Å². The van der Waals surface area contributed by atoms with Crippen LogP contribution in [0.5, 0.6) is 0 Å². The molecule has 1 aliphatic rings. The third kappa shape index (κ3) is 5.08. The molecule has 0 saturated heterocycles. The lowest BCUT2D eigenvalue weighted by Gasteiger charge is -2.29. The van der Waals surface area contributed by atoms with E-state index in [1.54, 1.807) is 0 Å². The first-order valence-electron chi connectivity index (χ1n) is 17.3. The zero-order chi connectivity index (χ0) is 34.8. The molecule has 0 bridgehead atoms. The fourth-order valence-corrected chi connectivity index (χ4v) is 8.61. The molecule has 0 unspecified atom stereocenters. The van der Waals surface area contributed by atoms with Crippen LogP contribution in [-0.2, 0) is 6.42 Å². The second-order valence-electron chi connectivity index (χ2n) is 13.8. The molecule has 1 aliphatic carbocycles. The van der Waals surface area contributed by atoms with Gasteiger partial charge in [0.25, 0.3) is 0 Å². The van der Waals surface area contributed by atoms with E-state index < -0.39 is 0 Å². The molecule has 2 heteroatoms. The second-order valence-corrected chi connectivity index (χ2v) is 14.7. The van der Waals surface area contributed by atoms with Gasteiger partial charge in [-0.05, 0) is 158 Å². The van der Waals surface area contributed by atoms with Crippen molar-refractivity contribution in [2.75, 3.05) is 0 Å². The standard InChI is InChI=1S/C48H40S2/c1-27-24-42-31(5)48(50)32(6)44(43(42)29(3)28(2)30(4)47(27)49)46-40-18-12-10-16-38(40)45(39-17-11-13-19-41(39)46)37-23-22-35-25-34(20-21-36(35)26-37)33-14-8-7-9-15-33/h7-23,25-26,49-50H,3,24H2,1-2,4-6H3/b30-28-,47-27+. The van der Waals surface area contributed by atoms with Crippen LogP contribution < -0.4 is 0 Å². The van der Waals surface area contributed by atoms with Crippen molar-refractivity contribution < 1.29 is 0 Å². The van der Waals surface area contributed by atoms with Gasteiger partial charge in [-0.15, -0.1) is 25.3 Å². The molecule has 0 fully saturated rings. The van der Waals surface area contributed by atoms with Crippen molar-refractivity contribution in [1.29, 1.82) is 0 Å². The third-order valence-electron chi connectivity index (χ3n) is 11.0. The van der Waals surface area contributed by atoms with E-state index in [0.717, 1.165) is 21.8 Å². The normalized spacial score (nSPS) is 16.6. The summed E-state index contributed by atoms with van der Waals surface area (Å²) in [5, 5.41) is 7.42. The van der Waals surface area contributed by atoms with Gasteiger partial charge in [-0.1, -0.05) is 115 Å². The summed E-state index contributed by atoms with van der Waals surface area (Å²) in [6.07, 6.45) is 0.807. The van der Waals surface area contributed by atoms with Crippen LogP contribution in [0.25, 0.3) is 71.3 Å². The van der Waals surface area contributed by atoms with E-state index >= 15 is 0 Å². The average Bonchev–Trinajstić information content (AvgIpc) is 3.15. The highest BCUT2D eigenvalue weighted by molar-refractivity contribution is 7.84. The van der Waals surface area contributed by atoms with Crippen LogP contribution in [0.3, 0.4) is 0 Å². The van der Waals surface area contributed by atoms with Gasteiger partial charge in [-0.3, -0.25) is 0 Å². The monoisotopic (exact) mass is 680 g/mol. The predicted molar refractivity (Wildman–Crippen MR) is 225 cm³/mol. The molecule has 0 spiro atoms. The van der Waals surface area contributed by atoms with Crippen molar-refractivity contribution in [3.63, 3.8) is 0 Å². The number of thiol groups is 2. The molecule has 0 aliphatic heterocycles. The molecule has 0 N–H and O–H groups in total. The van der Waals surface area contributed by atoms with Crippen LogP contribution in [0.2, 0.25) is 0 Å². The molecular weight excluding hydrogens is 641 g/mol. The molecule has 0 nitrogen and oxygen atoms in total. The van der Waals surface area contributed by atoms with Gasteiger partial charge >= 0.3 is 0 Å². The minimum absolute atomic E-state index is 0.807. The number of hydrogen-bond acceptors (Lipinski definition) is 2. The highest BCUT2D eigenvalue weighted by atomic mass is 32.1. The molecule has 244 valence electrons. The lowest BCUT2D eigenvalue weighted by molar-refractivity contribution is 1.05. The Kier molecular flexibility index (Phi) is 8.13. The van der Waals surface area contributed by atoms with Gasteiger partial charge in [-0.2, -0.15) is 0 Å². The molecule has 0 aromatic heterocycles. The lowest BCUT2D eigenvalue weighted by atomic mass is 9.76. The maximum atomic E-state index is 5.20. The van der Waals surface area contributed by atoms with Crippen LogP contribution in [0.4, 0.5) is 0 Å². The first kappa shape index (κ1) is 32.4. The van der Waals surface area contributed by atoms with Crippen LogP contribution in [0.1, 0.15) is 43.0 Å². The molecule has 0 radical (unpaired) electrons. The smallest absolute Gasteiger partial charge is 0.0108 e. The highest BCUT2D eigenvalue weighted by Crippen LogP contribution is 2.51. The molecule has 8 rings (SSSR count). The molecule has 0 atom stereocenters. The molecule has 7 aromatic carbocycles. The summed E-state index contributed by atoms with van der Waals surface area (Å²) in [6.45, 7) is 15.8. The van der Waals surface area contributed by atoms with Gasteiger partial charge in [0.1, 0.15) is 0 Å². The molecule has 0 amide bonds. The van der Waals surface area contributed by atoms with E-state index in [0.29, 0.717) is 0 Å². The van der Waals surface area contributed by atoms with Crippen LogP contribution >= 0.6 is 25.3 Å². The minimum Gasteiger partial charge on any atom is -0.143 e. The maximum Gasteiger partial charge on any atom is 0.0108 e. The van der Waals surface area contributed by atoms with Gasteiger partial charge in [0, 0.05) is 9.80 Å². The first-order valence-corrected chi connectivity index (χ1v) is 18.2. The number of hydrogen-bond donors (Lipinski definition) is 2. The Morgan fingerprint density at radius 3 is 1.60 bits per heavy atom. The van der Waals surface area contributed by atoms with Crippen molar-refractivity contribution in [2.45, 2.75) is 45.9 Å². The Balaban J connectivity index is 1.44. The Labute approximate surface area is 306 Å². The fourth-order valence-electron chi connectivity index (χ4n) is 8.12. The summed E-state index contributed by atoms with van der Waals surface area (Å²) in [4.78, 5) is 2.10. The van der Waals surface area contributed by atoms with Crippen molar-refractivity contribution >= 4 is 63.1 Å². The lowest BCUT2D eigenvalue weighted by Crippen LogP contribution is -2.09. The molecule has 0 saturated carbocycles. The van der Waals surface area contributed by atoms with Crippen LogP contribution in [0.15, 0.2) is 148 Å². The summed E-state index contributed by atoms with van der Waals surface area (Å²) < 4.78 is 0. The van der Waals surface area contributed by atoms with Gasteiger partial charge in [-0.25, -0.2) is 0 Å². The Morgan fingerprint density at radius 2 is 1.00 bits per heavy atom. The molecule has 0 heterocycles. The minimum atomic E-state index is 0.807. The Bertz CT molecular complexity index is 2580. The second kappa shape index (κ2) is 12.5. The van der Waals surface area contributed by atoms with E-state index in [-0.39, 0.29) is 0 Å². The number of rotatable bonds is 3. The first-order chi connectivity index (χ1) is 24.2. The van der Waals surface area contributed by atoms with Gasteiger partial charge in [0.15, 0.2) is 0 Å². The Morgan fingerprint density at radius 1 is 0.480 bits per heavy atom. The molecule has 50 heavy (non-hydrogen) atoms. The highest BCUT2D eigenvalue weighted by Gasteiger charge is 2.28. The van der Waals surface area contributed by atoms with Gasteiger partial charge in [0.05, 0.1) is 0 Å². The Hall–Kier alpha value is -4.76. The zero-order valence-corrected chi connectivity index (χ0v) is 31.1. The topological polar surface area (TPSA) is 0 Å². The van der Waals surface area contributed by atoms with E-state index in [1.807, 2.05) is 0 Å². The van der Waals surface area contributed by atoms with E-state index in [9.17, 15) is 0 Å². The van der Waals surface area contributed by atoms with Gasteiger partial charge < -0.3 is 0 Å². The maximum absolute atomic E-state index is 5.20. The number of benzene rings is 7. The molecule has 7 aromatic rings. The van der Waals surface area contributed by atoms with Crippen molar-refractivity contribution in [1.82, 2.24) is 0 Å².